The summed E-state index contributed by atoms with van der Waals surface area (Å²) < 4.78 is 16.0. The van der Waals surface area contributed by atoms with Crippen molar-refractivity contribution in [2.75, 3.05) is 13.2 Å². The Balaban J connectivity index is 1.42. The van der Waals surface area contributed by atoms with Gasteiger partial charge in [0.15, 0.2) is 6.61 Å². The first-order chi connectivity index (χ1) is 12.7. The van der Waals surface area contributed by atoms with Crippen LogP contribution < -0.4 is 14.8 Å². The molecule has 0 saturated heterocycles. The Hall–Kier alpha value is -3.32. The van der Waals surface area contributed by atoms with Crippen LogP contribution in [0.25, 0.3) is 0 Å². The second-order valence-electron chi connectivity index (χ2n) is 5.37. The summed E-state index contributed by atoms with van der Waals surface area (Å²) in [7, 11) is 0. The van der Waals surface area contributed by atoms with Crippen LogP contribution in [-0.4, -0.2) is 29.1 Å². The SMILES string of the molecule is O=C(COc1ccc(Oc2ccccn2)cc1)NCC(O)c1ccco1. The van der Waals surface area contributed by atoms with Crippen molar-refractivity contribution in [2.24, 2.45) is 0 Å². The molecule has 0 spiro atoms. The van der Waals surface area contributed by atoms with E-state index < -0.39 is 6.10 Å². The zero-order valence-corrected chi connectivity index (χ0v) is 13.9. The first-order valence-corrected chi connectivity index (χ1v) is 8.00. The van der Waals surface area contributed by atoms with Gasteiger partial charge in [0.25, 0.3) is 5.91 Å². The highest BCUT2D eigenvalue weighted by Gasteiger charge is 2.12. The molecule has 26 heavy (non-hydrogen) atoms. The van der Waals surface area contributed by atoms with Gasteiger partial charge in [-0.05, 0) is 42.5 Å². The number of rotatable bonds is 8. The minimum Gasteiger partial charge on any atom is -0.484 e. The van der Waals surface area contributed by atoms with Gasteiger partial charge in [-0.2, -0.15) is 0 Å². The van der Waals surface area contributed by atoms with Crippen LogP contribution in [0.3, 0.4) is 0 Å². The molecule has 3 rings (SSSR count). The standard InChI is InChI=1S/C19H18N2O5/c22-16(17-4-3-11-24-17)12-21-18(23)13-25-14-6-8-15(9-7-14)26-19-5-1-2-10-20-19/h1-11,16,22H,12-13H2,(H,21,23). The van der Waals surface area contributed by atoms with E-state index >= 15 is 0 Å². The van der Waals surface area contributed by atoms with Crippen molar-refractivity contribution in [3.63, 3.8) is 0 Å². The van der Waals surface area contributed by atoms with Crippen molar-refractivity contribution in [3.05, 3.63) is 72.8 Å². The lowest BCUT2D eigenvalue weighted by Crippen LogP contribution is -2.32. The lowest BCUT2D eigenvalue weighted by Gasteiger charge is -2.11. The second-order valence-corrected chi connectivity index (χ2v) is 5.37. The number of nitrogens with zero attached hydrogens (tertiary/aromatic N) is 1. The van der Waals surface area contributed by atoms with E-state index in [4.69, 9.17) is 13.9 Å². The molecule has 1 atom stereocenters. The van der Waals surface area contributed by atoms with E-state index in [0.29, 0.717) is 23.1 Å². The number of carbonyl (C=O) groups excluding carboxylic acids is 1. The van der Waals surface area contributed by atoms with E-state index in [1.54, 1.807) is 48.7 Å². The van der Waals surface area contributed by atoms with E-state index in [0.717, 1.165) is 0 Å². The fourth-order valence-electron chi connectivity index (χ4n) is 2.12. The molecule has 0 saturated carbocycles. The van der Waals surface area contributed by atoms with Gasteiger partial charge in [0, 0.05) is 12.3 Å². The van der Waals surface area contributed by atoms with Gasteiger partial charge >= 0.3 is 0 Å². The summed E-state index contributed by atoms with van der Waals surface area (Å²) in [5, 5.41) is 12.4. The highest BCUT2D eigenvalue weighted by molar-refractivity contribution is 5.77. The number of hydrogen-bond acceptors (Lipinski definition) is 6. The lowest BCUT2D eigenvalue weighted by molar-refractivity contribution is -0.123. The summed E-state index contributed by atoms with van der Waals surface area (Å²) in [5.41, 5.74) is 0. The number of amides is 1. The maximum absolute atomic E-state index is 11.8. The number of pyridine rings is 1. The molecule has 134 valence electrons. The molecule has 7 heteroatoms. The van der Waals surface area contributed by atoms with Crippen molar-refractivity contribution < 1.29 is 23.8 Å². The average Bonchev–Trinajstić information content (AvgIpc) is 3.21. The van der Waals surface area contributed by atoms with Crippen LogP contribution in [0.1, 0.15) is 11.9 Å². The van der Waals surface area contributed by atoms with Gasteiger partial charge in [-0.15, -0.1) is 0 Å². The van der Waals surface area contributed by atoms with Gasteiger partial charge in [-0.1, -0.05) is 6.07 Å². The van der Waals surface area contributed by atoms with Crippen molar-refractivity contribution in [1.29, 1.82) is 0 Å². The summed E-state index contributed by atoms with van der Waals surface area (Å²) in [6.07, 6.45) is 2.22. The molecule has 2 N–H and O–H groups in total. The quantitative estimate of drug-likeness (QED) is 0.646. The van der Waals surface area contributed by atoms with Gasteiger partial charge in [0.2, 0.25) is 5.88 Å². The third kappa shape index (κ3) is 5.09. The second kappa shape index (κ2) is 8.68. The van der Waals surface area contributed by atoms with Crippen molar-refractivity contribution in [1.82, 2.24) is 10.3 Å². The number of ether oxygens (including phenoxy) is 2. The van der Waals surface area contributed by atoms with Crippen LogP contribution in [-0.2, 0) is 4.79 Å². The monoisotopic (exact) mass is 354 g/mol. The van der Waals surface area contributed by atoms with Gasteiger partial charge in [-0.3, -0.25) is 4.79 Å². The number of aliphatic hydroxyl groups excluding tert-OH is 1. The molecule has 2 aromatic heterocycles. The Morgan fingerprint density at radius 1 is 1.12 bits per heavy atom. The molecule has 0 aliphatic rings. The number of carbonyl (C=O) groups is 1. The average molecular weight is 354 g/mol. The Bertz CT molecular complexity index is 804. The molecular formula is C19H18N2O5. The maximum Gasteiger partial charge on any atom is 0.258 e. The van der Waals surface area contributed by atoms with Crippen molar-refractivity contribution in [2.45, 2.75) is 6.10 Å². The van der Waals surface area contributed by atoms with Crippen LogP contribution in [0.2, 0.25) is 0 Å². The molecular weight excluding hydrogens is 336 g/mol. The predicted molar refractivity (Wildman–Crippen MR) is 92.9 cm³/mol. The number of benzene rings is 1. The summed E-state index contributed by atoms with van der Waals surface area (Å²) in [6, 6.07) is 15.6. The molecule has 1 unspecified atom stereocenters. The summed E-state index contributed by atoms with van der Waals surface area (Å²) in [6.45, 7) is -0.113. The molecule has 0 bridgehead atoms. The summed E-state index contributed by atoms with van der Waals surface area (Å²) >= 11 is 0. The van der Waals surface area contributed by atoms with Gasteiger partial charge in [0.1, 0.15) is 23.4 Å². The third-order valence-electron chi connectivity index (χ3n) is 3.42. The van der Waals surface area contributed by atoms with Crippen LogP contribution in [0.4, 0.5) is 0 Å². The minimum absolute atomic E-state index is 0.0482. The van der Waals surface area contributed by atoms with E-state index in [2.05, 4.69) is 10.3 Å². The summed E-state index contributed by atoms with van der Waals surface area (Å²) in [4.78, 5) is 15.9. The molecule has 0 radical (unpaired) electrons. The molecule has 3 aromatic rings. The van der Waals surface area contributed by atoms with E-state index in [-0.39, 0.29) is 19.1 Å². The van der Waals surface area contributed by atoms with E-state index in [9.17, 15) is 9.90 Å². The topological polar surface area (TPSA) is 93.8 Å². The van der Waals surface area contributed by atoms with Crippen LogP contribution in [0.5, 0.6) is 17.4 Å². The fraction of sp³-hybridized carbons (Fsp3) is 0.158. The molecule has 1 aromatic carbocycles. The van der Waals surface area contributed by atoms with Crippen LogP contribution >= 0.6 is 0 Å². The third-order valence-corrected chi connectivity index (χ3v) is 3.42. The normalized spacial score (nSPS) is 11.6. The Morgan fingerprint density at radius 2 is 1.92 bits per heavy atom. The molecule has 2 heterocycles. The zero-order chi connectivity index (χ0) is 18.2. The Morgan fingerprint density at radius 3 is 2.62 bits per heavy atom. The number of nitrogens with one attached hydrogen (secondary N) is 1. The molecule has 0 fully saturated rings. The number of hydrogen-bond donors (Lipinski definition) is 2. The Labute approximate surface area is 150 Å². The molecule has 1 amide bonds. The molecule has 0 aliphatic heterocycles. The Kier molecular flexibility index (Phi) is 5.84. The number of aliphatic hydroxyl groups is 1. The number of furan rings is 1. The fourth-order valence-corrected chi connectivity index (χ4v) is 2.12. The molecule has 7 nitrogen and oxygen atoms in total. The van der Waals surface area contributed by atoms with Gasteiger partial charge in [-0.25, -0.2) is 4.98 Å². The van der Waals surface area contributed by atoms with Crippen LogP contribution in [0.15, 0.2) is 71.5 Å². The first kappa shape index (κ1) is 17.5. The largest absolute Gasteiger partial charge is 0.484 e. The highest BCUT2D eigenvalue weighted by atomic mass is 16.5. The van der Waals surface area contributed by atoms with Crippen LogP contribution in [0, 0.1) is 0 Å². The van der Waals surface area contributed by atoms with Gasteiger partial charge in [0.05, 0.1) is 12.8 Å². The van der Waals surface area contributed by atoms with Crippen molar-refractivity contribution >= 4 is 5.91 Å². The summed E-state index contributed by atoms with van der Waals surface area (Å²) in [5.74, 6) is 1.69. The zero-order valence-electron chi connectivity index (χ0n) is 13.9. The highest BCUT2D eigenvalue weighted by Crippen LogP contribution is 2.22. The minimum atomic E-state index is -0.892. The first-order valence-electron chi connectivity index (χ1n) is 8.00. The molecule has 0 aliphatic carbocycles. The number of aromatic nitrogens is 1. The van der Waals surface area contributed by atoms with E-state index in [1.807, 2.05) is 12.1 Å². The van der Waals surface area contributed by atoms with Crippen molar-refractivity contribution in [3.8, 4) is 17.4 Å². The van der Waals surface area contributed by atoms with Gasteiger partial charge < -0.3 is 24.3 Å². The smallest absolute Gasteiger partial charge is 0.258 e. The van der Waals surface area contributed by atoms with E-state index in [1.165, 1.54) is 6.26 Å². The predicted octanol–water partition coefficient (Wildman–Crippen LogP) is 2.70. The lowest BCUT2D eigenvalue weighted by atomic mass is 10.3. The maximum atomic E-state index is 11.8.